The Morgan fingerprint density at radius 3 is 2.54 bits per heavy atom. The van der Waals surface area contributed by atoms with Crippen molar-refractivity contribution in [2.75, 3.05) is 13.1 Å². The first kappa shape index (κ1) is 20.8. The van der Waals surface area contributed by atoms with E-state index in [-0.39, 0.29) is 0 Å². The standard InChI is InChI=1S/C18H22N2S.C2HF3O2/c1-14-2-3-15-4-5-18(16(15)12-14)6-9-20(10-7-18)13-17-19-8-11-21-17;3-2(4,5)1(6)7/h2-3,8,11-12H,4-7,9-10,13H2,1H3;(H,6,7). The number of fused-ring (bicyclic) bond motifs is 2. The van der Waals surface area contributed by atoms with E-state index in [2.05, 4.69) is 40.4 Å². The molecule has 0 unspecified atom stereocenters. The molecular weight excluding hydrogens is 389 g/mol. The fraction of sp³-hybridized carbons (Fsp3) is 0.500. The first-order valence-electron chi connectivity index (χ1n) is 9.20. The van der Waals surface area contributed by atoms with Gasteiger partial charge in [-0.2, -0.15) is 13.2 Å². The van der Waals surface area contributed by atoms with Gasteiger partial charge in [-0.25, -0.2) is 9.78 Å². The largest absolute Gasteiger partial charge is 0.490 e. The van der Waals surface area contributed by atoms with Gasteiger partial charge in [0.25, 0.3) is 0 Å². The molecular formula is C20H23F3N2O2S. The van der Waals surface area contributed by atoms with Crippen LogP contribution in [0.3, 0.4) is 0 Å². The van der Waals surface area contributed by atoms with Crippen molar-refractivity contribution >= 4 is 17.3 Å². The number of likely N-dealkylation sites (tertiary alicyclic amines) is 1. The van der Waals surface area contributed by atoms with Crippen molar-refractivity contribution < 1.29 is 23.1 Å². The number of thiazole rings is 1. The van der Waals surface area contributed by atoms with E-state index in [4.69, 9.17) is 9.90 Å². The Kier molecular flexibility index (Phi) is 6.09. The van der Waals surface area contributed by atoms with Crippen molar-refractivity contribution in [1.82, 2.24) is 9.88 Å². The zero-order valence-corrected chi connectivity index (χ0v) is 16.4. The lowest BCUT2D eigenvalue weighted by molar-refractivity contribution is -0.192. The zero-order valence-electron chi connectivity index (χ0n) is 15.6. The fourth-order valence-electron chi connectivity index (χ4n) is 4.09. The normalized spacial score (nSPS) is 18.4. The number of hydrogen-bond acceptors (Lipinski definition) is 4. The number of aliphatic carboxylic acids is 1. The van der Waals surface area contributed by atoms with Gasteiger partial charge in [0.2, 0.25) is 0 Å². The number of carboxylic acid groups (broad SMARTS) is 1. The summed E-state index contributed by atoms with van der Waals surface area (Å²) >= 11 is 1.78. The Bertz CT molecular complexity index is 813. The van der Waals surface area contributed by atoms with Crippen LogP contribution in [0.4, 0.5) is 13.2 Å². The van der Waals surface area contributed by atoms with Gasteiger partial charge in [-0.05, 0) is 62.2 Å². The zero-order chi connectivity index (χ0) is 20.4. The molecule has 8 heteroatoms. The smallest absolute Gasteiger partial charge is 0.475 e. The van der Waals surface area contributed by atoms with Crippen molar-refractivity contribution in [1.29, 1.82) is 0 Å². The lowest BCUT2D eigenvalue weighted by Gasteiger charge is -2.40. The minimum atomic E-state index is -5.08. The molecule has 1 fully saturated rings. The van der Waals surface area contributed by atoms with Crippen molar-refractivity contribution in [3.63, 3.8) is 0 Å². The molecule has 0 radical (unpaired) electrons. The van der Waals surface area contributed by atoms with Crippen LogP contribution < -0.4 is 0 Å². The first-order chi connectivity index (χ1) is 13.2. The highest BCUT2D eigenvalue weighted by molar-refractivity contribution is 7.09. The summed E-state index contributed by atoms with van der Waals surface area (Å²) in [6, 6.07) is 7.09. The van der Waals surface area contributed by atoms with Crippen LogP contribution >= 0.6 is 11.3 Å². The van der Waals surface area contributed by atoms with Gasteiger partial charge in [-0.1, -0.05) is 23.8 Å². The molecule has 0 atom stereocenters. The third-order valence-electron chi connectivity index (χ3n) is 5.61. The number of alkyl halides is 3. The van der Waals surface area contributed by atoms with Crippen molar-refractivity contribution in [2.45, 2.75) is 50.7 Å². The van der Waals surface area contributed by atoms with Gasteiger partial charge in [-0.3, -0.25) is 4.90 Å². The van der Waals surface area contributed by atoms with E-state index in [1.807, 2.05) is 6.20 Å². The van der Waals surface area contributed by atoms with E-state index in [1.165, 1.54) is 49.3 Å². The number of carboxylic acids is 1. The van der Waals surface area contributed by atoms with Crippen LogP contribution in [0.1, 0.15) is 41.0 Å². The molecule has 1 saturated heterocycles. The van der Waals surface area contributed by atoms with E-state index in [0.717, 1.165) is 6.54 Å². The number of benzene rings is 1. The maximum absolute atomic E-state index is 10.6. The molecule has 152 valence electrons. The predicted molar refractivity (Wildman–Crippen MR) is 101 cm³/mol. The van der Waals surface area contributed by atoms with Gasteiger partial charge in [-0.15, -0.1) is 11.3 Å². The Balaban J connectivity index is 0.000000279. The summed E-state index contributed by atoms with van der Waals surface area (Å²) in [6.45, 7) is 5.69. The van der Waals surface area contributed by atoms with E-state index in [9.17, 15) is 13.2 Å². The number of nitrogens with zero attached hydrogens (tertiary/aromatic N) is 2. The van der Waals surface area contributed by atoms with Crippen LogP contribution in [0, 0.1) is 6.92 Å². The second-order valence-corrected chi connectivity index (χ2v) is 8.42. The molecule has 28 heavy (non-hydrogen) atoms. The summed E-state index contributed by atoms with van der Waals surface area (Å²) in [7, 11) is 0. The van der Waals surface area contributed by atoms with Gasteiger partial charge < -0.3 is 5.11 Å². The molecule has 4 rings (SSSR count). The van der Waals surface area contributed by atoms with Gasteiger partial charge in [0.1, 0.15) is 5.01 Å². The van der Waals surface area contributed by atoms with Crippen LogP contribution in [0.2, 0.25) is 0 Å². The highest BCUT2D eigenvalue weighted by atomic mass is 32.1. The average molecular weight is 412 g/mol. The van der Waals surface area contributed by atoms with Gasteiger partial charge in [0, 0.05) is 11.6 Å². The molecule has 1 spiro atoms. The Morgan fingerprint density at radius 2 is 1.96 bits per heavy atom. The van der Waals surface area contributed by atoms with E-state index < -0.39 is 12.1 Å². The van der Waals surface area contributed by atoms with Gasteiger partial charge in [0.05, 0.1) is 6.54 Å². The summed E-state index contributed by atoms with van der Waals surface area (Å²) in [4.78, 5) is 15.9. The van der Waals surface area contributed by atoms with Gasteiger partial charge >= 0.3 is 12.1 Å². The molecule has 0 saturated carbocycles. The SMILES string of the molecule is Cc1ccc2c(c1)C1(CC2)CCN(Cc2nccs2)CC1.O=C(O)C(F)(F)F. The van der Waals surface area contributed by atoms with Crippen molar-refractivity contribution in [2.24, 2.45) is 0 Å². The van der Waals surface area contributed by atoms with Crippen LogP contribution in [-0.2, 0) is 23.2 Å². The molecule has 1 aromatic carbocycles. The number of halogens is 3. The number of carbonyl (C=O) groups is 1. The van der Waals surface area contributed by atoms with E-state index in [1.54, 1.807) is 22.5 Å². The third kappa shape index (κ3) is 4.72. The second-order valence-electron chi connectivity index (χ2n) is 7.45. The molecule has 0 bridgehead atoms. The molecule has 1 aliphatic heterocycles. The Hall–Kier alpha value is -1.93. The summed E-state index contributed by atoms with van der Waals surface area (Å²) in [5.41, 5.74) is 5.16. The number of aromatic nitrogens is 1. The third-order valence-corrected chi connectivity index (χ3v) is 6.37. The molecule has 1 N–H and O–H groups in total. The lowest BCUT2D eigenvalue weighted by Crippen LogP contribution is -2.41. The highest BCUT2D eigenvalue weighted by Crippen LogP contribution is 2.46. The van der Waals surface area contributed by atoms with E-state index in [0.29, 0.717) is 5.41 Å². The molecule has 0 amide bonds. The molecule has 4 nitrogen and oxygen atoms in total. The minimum Gasteiger partial charge on any atom is -0.475 e. The molecule has 1 aromatic heterocycles. The predicted octanol–water partition coefficient (Wildman–Crippen LogP) is 4.56. The Labute approximate surface area is 166 Å². The monoisotopic (exact) mass is 412 g/mol. The summed E-state index contributed by atoms with van der Waals surface area (Å²) < 4.78 is 31.7. The van der Waals surface area contributed by atoms with Crippen molar-refractivity contribution in [3.8, 4) is 0 Å². The molecule has 2 heterocycles. The molecule has 1 aliphatic carbocycles. The maximum atomic E-state index is 10.6. The topological polar surface area (TPSA) is 53.4 Å². The minimum absolute atomic E-state index is 0.473. The van der Waals surface area contributed by atoms with Crippen LogP contribution in [0.15, 0.2) is 29.8 Å². The van der Waals surface area contributed by atoms with Crippen molar-refractivity contribution in [3.05, 3.63) is 51.5 Å². The van der Waals surface area contributed by atoms with Crippen LogP contribution in [0.25, 0.3) is 0 Å². The Morgan fingerprint density at radius 1 is 1.29 bits per heavy atom. The number of hydrogen-bond donors (Lipinski definition) is 1. The summed E-state index contributed by atoms with van der Waals surface area (Å²) in [5, 5.41) is 10.5. The van der Waals surface area contributed by atoms with Gasteiger partial charge in [0.15, 0.2) is 0 Å². The maximum Gasteiger partial charge on any atom is 0.490 e. The molecule has 2 aliphatic rings. The summed E-state index contributed by atoms with van der Waals surface area (Å²) in [5.74, 6) is -2.76. The van der Waals surface area contributed by atoms with Crippen LogP contribution in [-0.4, -0.2) is 40.2 Å². The van der Waals surface area contributed by atoms with E-state index >= 15 is 0 Å². The number of aryl methyl sites for hydroxylation is 2. The first-order valence-corrected chi connectivity index (χ1v) is 10.1. The second kappa shape index (κ2) is 8.21. The quantitative estimate of drug-likeness (QED) is 0.785. The number of piperidine rings is 1. The average Bonchev–Trinajstić information content (AvgIpc) is 3.26. The molecule has 2 aromatic rings. The van der Waals surface area contributed by atoms with Crippen LogP contribution in [0.5, 0.6) is 0 Å². The lowest BCUT2D eigenvalue weighted by atomic mass is 9.73. The summed E-state index contributed by atoms with van der Waals surface area (Å²) in [6.07, 6.45) is 2.10. The number of rotatable bonds is 2. The fourth-order valence-corrected chi connectivity index (χ4v) is 4.75. The highest BCUT2D eigenvalue weighted by Gasteiger charge is 2.41.